The predicted octanol–water partition coefficient (Wildman–Crippen LogP) is 2.62. The molecule has 0 saturated carbocycles. The number of nitrogens with one attached hydrogen (secondary N) is 1. The van der Waals surface area contributed by atoms with E-state index in [1.165, 1.54) is 12.2 Å². The smallest absolute Gasteiger partial charge is 0.325 e. The Balaban J connectivity index is 1.61. The molecule has 1 atom stereocenters. The monoisotopic (exact) mass is 345 g/mol. The van der Waals surface area contributed by atoms with Gasteiger partial charge in [-0.3, -0.25) is 4.57 Å². The topological polar surface area (TPSA) is 78.8 Å². The molecule has 3 N–H and O–H groups in total. The number of benzene rings is 1. The fourth-order valence-electron chi connectivity index (χ4n) is 2.12. The molecule has 0 radical (unpaired) electrons. The van der Waals surface area contributed by atoms with Gasteiger partial charge in [0.15, 0.2) is 0 Å². The summed E-state index contributed by atoms with van der Waals surface area (Å²) in [5.41, 5.74) is 1.12. The molecular formula is C15H24NO4PS. The molecule has 22 heavy (non-hydrogen) atoms. The quantitative estimate of drug-likeness (QED) is 0.325. The van der Waals surface area contributed by atoms with E-state index in [1.54, 1.807) is 0 Å². The van der Waals surface area contributed by atoms with Gasteiger partial charge in [0.1, 0.15) is 5.75 Å². The number of ether oxygens (including phenoxy) is 1. The standard InChI is InChI=1S/C15H24NO4PS/c17-21(18,19)9-3-7-16-11-13-4-1-5-14(10-13)20-8-2-6-15-12-22-15/h1,4-5,10,15-16H,2-3,6-9,11-12H2,(H2,17,18,19). The maximum Gasteiger partial charge on any atom is 0.325 e. The molecule has 1 heterocycles. The van der Waals surface area contributed by atoms with Crippen LogP contribution in [-0.4, -0.2) is 40.1 Å². The Morgan fingerprint density at radius 1 is 1.36 bits per heavy atom. The lowest BCUT2D eigenvalue weighted by atomic mass is 10.2. The molecule has 7 heteroatoms. The van der Waals surface area contributed by atoms with Crippen molar-refractivity contribution in [1.29, 1.82) is 0 Å². The van der Waals surface area contributed by atoms with E-state index in [1.807, 2.05) is 36.0 Å². The first kappa shape index (κ1) is 17.8. The van der Waals surface area contributed by atoms with Crippen LogP contribution < -0.4 is 10.1 Å². The number of hydrogen-bond acceptors (Lipinski definition) is 4. The fraction of sp³-hybridized carbons (Fsp3) is 0.600. The summed E-state index contributed by atoms with van der Waals surface area (Å²) in [7, 11) is -3.87. The van der Waals surface area contributed by atoms with E-state index in [0.29, 0.717) is 19.5 Å². The van der Waals surface area contributed by atoms with Crippen LogP contribution in [0.2, 0.25) is 0 Å². The zero-order chi connectivity index (χ0) is 15.8. The molecule has 0 spiro atoms. The van der Waals surface area contributed by atoms with Crippen LogP contribution in [0, 0.1) is 0 Å². The summed E-state index contributed by atoms with van der Waals surface area (Å²) < 4.78 is 16.5. The van der Waals surface area contributed by atoms with Crippen molar-refractivity contribution in [2.24, 2.45) is 0 Å². The Bertz CT molecular complexity index is 504. The van der Waals surface area contributed by atoms with Gasteiger partial charge >= 0.3 is 7.60 Å². The third-order valence-electron chi connectivity index (χ3n) is 3.37. The average Bonchev–Trinajstić information content (AvgIpc) is 3.27. The van der Waals surface area contributed by atoms with E-state index in [2.05, 4.69) is 5.32 Å². The van der Waals surface area contributed by atoms with Gasteiger partial charge in [0.25, 0.3) is 0 Å². The second-order valence-electron chi connectivity index (χ2n) is 5.51. The summed E-state index contributed by atoms with van der Waals surface area (Å²) >= 11 is 2.02. The minimum Gasteiger partial charge on any atom is -0.494 e. The Hall–Kier alpha value is -0.520. The summed E-state index contributed by atoms with van der Waals surface area (Å²) in [5.74, 6) is 2.20. The Labute approximate surface area is 136 Å². The molecule has 0 amide bonds. The zero-order valence-electron chi connectivity index (χ0n) is 12.6. The van der Waals surface area contributed by atoms with Crippen LogP contribution in [0.3, 0.4) is 0 Å². The van der Waals surface area contributed by atoms with Crippen LogP contribution in [0.4, 0.5) is 0 Å². The third kappa shape index (κ3) is 8.20. The number of rotatable bonds is 11. The lowest BCUT2D eigenvalue weighted by Crippen LogP contribution is -2.15. The van der Waals surface area contributed by atoms with Crippen LogP contribution in [0.25, 0.3) is 0 Å². The largest absolute Gasteiger partial charge is 0.494 e. The molecule has 0 bridgehead atoms. The average molecular weight is 345 g/mol. The molecule has 1 aliphatic heterocycles. The third-order valence-corrected chi connectivity index (χ3v) is 5.31. The first-order chi connectivity index (χ1) is 10.5. The van der Waals surface area contributed by atoms with Gasteiger partial charge in [-0.2, -0.15) is 11.8 Å². The van der Waals surface area contributed by atoms with Crippen molar-refractivity contribution < 1.29 is 19.1 Å². The predicted molar refractivity (Wildman–Crippen MR) is 90.7 cm³/mol. The van der Waals surface area contributed by atoms with Gasteiger partial charge in [-0.1, -0.05) is 12.1 Å². The second-order valence-corrected chi connectivity index (χ2v) is 8.62. The van der Waals surface area contributed by atoms with Gasteiger partial charge in [-0.05, 0) is 43.5 Å². The molecule has 2 rings (SSSR count). The lowest BCUT2D eigenvalue weighted by molar-refractivity contribution is 0.307. The van der Waals surface area contributed by atoms with Crippen LogP contribution in [0.5, 0.6) is 5.75 Å². The van der Waals surface area contributed by atoms with Crippen molar-refractivity contribution in [2.45, 2.75) is 31.1 Å². The number of hydrogen-bond donors (Lipinski definition) is 3. The summed E-state index contributed by atoms with van der Waals surface area (Å²) in [6, 6.07) is 7.97. The Morgan fingerprint density at radius 2 is 2.18 bits per heavy atom. The maximum absolute atomic E-state index is 10.7. The Kier molecular flexibility index (Phi) is 7.25. The van der Waals surface area contributed by atoms with Gasteiger partial charge in [-0.25, -0.2) is 0 Å². The molecule has 1 saturated heterocycles. The van der Waals surface area contributed by atoms with Crippen LogP contribution in [-0.2, 0) is 11.1 Å². The van der Waals surface area contributed by atoms with Crippen molar-refractivity contribution in [3.63, 3.8) is 0 Å². The molecule has 1 aromatic rings. The fourth-order valence-corrected chi connectivity index (χ4v) is 3.33. The summed E-state index contributed by atoms with van der Waals surface area (Å²) in [5, 5.41) is 4.06. The van der Waals surface area contributed by atoms with Crippen molar-refractivity contribution >= 4 is 19.4 Å². The molecule has 0 aromatic heterocycles. The van der Waals surface area contributed by atoms with Gasteiger partial charge in [0.2, 0.25) is 0 Å². The van der Waals surface area contributed by atoms with E-state index < -0.39 is 7.60 Å². The van der Waals surface area contributed by atoms with E-state index in [4.69, 9.17) is 14.5 Å². The van der Waals surface area contributed by atoms with Gasteiger partial charge in [-0.15, -0.1) is 0 Å². The van der Waals surface area contributed by atoms with E-state index in [0.717, 1.165) is 29.6 Å². The highest BCUT2D eigenvalue weighted by Gasteiger charge is 2.21. The van der Waals surface area contributed by atoms with Crippen LogP contribution >= 0.6 is 19.4 Å². The highest BCUT2D eigenvalue weighted by molar-refractivity contribution is 8.06. The summed E-state index contributed by atoms with van der Waals surface area (Å²) in [6.07, 6.45) is 2.75. The SMILES string of the molecule is O=P(O)(O)CCCNCc1cccc(OCCCC2CS2)c1. The molecule has 1 aromatic carbocycles. The summed E-state index contributed by atoms with van der Waals surface area (Å²) in [4.78, 5) is 17.6. The van der Waals surface area contributed by atoms with Gasteiger partial charge in [0, 0.05) is 17.5 Å². The highest BCUT2D eigenvalue weighted by atomic mass is 32.2. The first-order valence-electron chi connectivity index (χ1n) is 7.61. The molecule has 1 aliphatic rings. The minimum absolute atomic E-state index is 0.0670. The maximum atomic E-state index is 10.7. The van der Waals surface area contributed by atoms with E-state index in [-0.39, 0.29) is 6.16 Å². The molecule has 0 aliphatic carbocycles. The zero-order valence-corrected chi connectivity index (χ0v) is 14.3. The highest BCUT2D eigenvalue weighted by Crippen LogP contribution is 2.34. The number of thioether (sulfide) groups is 1. The Morgan fingerprint density at radius 3 is 2.91 bits per heavy atom. The van der Waals surface area contributed by atoms with Crippen LogP contribution in [0.15, 0.2) is 24.3 Å². The van der Waals surface area contributed by atoms with Crippen molar-refractivity contribution in [2.75, 3.05) is 25.1 Å². The summed E-state index contributed by atoms with van der Waals surface area (Å²) in [6.45, 7) is 2.03. The second kappa shape index (κ2) is 8.94. The van der Waals surface area contributed by atoms with Crippen molar-refractivity contribution in [3.8, 4) is 5.75 Å². The molecule has 1 fully saturated rings. The molecule has 5 nitrogen and oxygen atoms in total. The molecule has 124 valence electrons. The minimum atomic E-state index is -3.87. The van der Waals surface area contributed by atoms with E-state index in [9.17, 15) is 4.57 Å². The van der Waals surface area contributed by atoms with Crippen LogP contribution in [0.1, 0.15) is 24.8 Å². The molecule has 1 unspecified atom stereocenters. The normalized spacial score (nSPS) is 17.5. The van der Waals surface area contributed by atoms with Crippen molar-refractivity contribution in [1.82, 2.24) is 5.32 Å². The van der Waals surface area contributed by atoms with Crippen molar-refractivity contribution in [3.05, 3.63) is 29.8 Å². The van der Waals surface area contributed by atoms with E-state index >= 15 is 0 Å². The van der Waals surface area contributed by atoms with Gasteiger partial charge < -0.3 is 19.8 Å². The van der Waals surface area contributed by atoms with Gasteiger partial charge in [0.05, 0.1) is 12.8 Å². The molecular weight excluding hydrogens is 321 g/mol. The first-order valence-corrected chi connectivity index (χ1v) is 10.5. The lowest BCUT2D eigenvalue weighted by Gasteiger charge is -2.09.